The summed E-state index contributed by atoms with van der Waals surface area (Å²) < 4.78 is 1.01. The van der Waals surface area contributed by atoms with Gasteiger partial charge in [-0.3, -0.25) is 0 Å². The van der Waals surface area contributed by atoms with Crippen molar-refractivity contribution in [1.82, 2.24) is 9.97 Å². The van der Waals surface area contributed by atoms with Gasteiger partial charge in [-0.05, 0) is 48.4 Å². The highest BCUT2D eigenvalue weighted by atomic mass is 79.9. The minimum atomic E-state index is 0.520. The molecule has 0 fully saturated rings. The maximum atomic E-state index is 9.39. The molecule has 4 heteroatoms. The van der Waals surface area contributed by atoms with Crippen LogP contribution in [0.25, 0.3) is 22.7 Å². The highest BCUT2D eigenvalue weighted by molar-refractivity contribution is 9.10. The van der Waals surface area contributed by atoms with Crippen LogP contribution in [-0.2, 0) is 0 Å². The number of hydrogen-bond donors (Lipinski definition) is 1. The van der Waals surface area contributed by atoms with E-state index in [0.29, 0.717) is 11.4 Å². The van der Waals surface area contributed by atoms with Crippen molar-refractivity contribution in [2.75, 3.05) is 0 Å². The van der Waals surface area contributed by atoms with E-state index in [9.17, 15) is 5.26 Å². The van der Waals surface area contributed by atoms with Crippen molar-refractivity contribution in [2.24, 2.45) is 0 Å². The number of allylic oxidation sites excluding steroid dienone is 1. The maximum absolute atomic E-state index is 9.39. The molecule has 0 spiro atoms. The Morgan fingerprint density at radius 1 is 1.24 bits per heavy atom. The zero-order chi connectivity index (χ0) is 14.8. The number of benzene rings is 2. The van der Waals surface area contributed by atoms with Crippen molar-refractivity contribution in [3.05, 3.63) is 63.9 Å². The second-order valence-electron chi connectivity index (χ2n) is 4.83. The molecule has 0 amide bonds. The lowest BCUT2D eigenvalue weighted by Gasteiger charge is -1.96. The molecule has 1 N–H and O–H groups in total. The van der Waals surface area contributed by atoms with E-state index in [-0.39, 0.29) is 0 Å². The number of nitriles is 1. The van der Waals surface area contributed by atoms with Gasteiger partial charge >= 0.3 is 0 Å². The Bertz CT molecular complexity index is 867. The van der Waals surface area contributed by atoms with Gasteiger partial charge < -0.3 is 4.98 Å². The van der Waals surface area contributed by atoms with Crippen LogP contribution in [0.3, 0.4) is 0 Å². The van der Waals surface area contributed by atoms with E-state index in [1.54, 1.807) is 0 Å². The van der Waals surface area contributed by atoms with E-state index in [1.807, 2.05) is 55.5 Å². The molecule has 0 saturated carbocycles. The van der Waals surface area contributed by atoms with Crippen LogP contribution in [0.1, 0.15) is 17.0 Å². The molecule has 0 aliphatic rings. The summed E-state index contributed by atoms with van der Waals surface area (Å²) in [5, 5.41) is 9.39. The van der Waals surface area contributed by atoms with Crippen LogP contribution in [0.2, 0.25) is 0 Å². The van der Waals surface area contributed by atoms with E-state index in [1.165, 1.54) is 0 Å². The monoisotopic (exact) mass is 337 g/mol. The molecule has 3 rings (SSSR count). The molecule has 0 radical (unpaired) electrons. The average Bonchev–Trinajstić information content (AvgIpc) is 2.89. The highest BCUT2D eigenvalue weighted by Gasteiger charge is 2.08. The van der Waals surface area contributed by atoms with Gasteiger partial charge in [0.2, 0.25) is 0 Å². The minimum Gasteiger partial charge on any atom is -0.337 e. The summed E-state index contributed by atoms with van der Waals surface area (Å²) in [4.78, 5) is 7.69. The highest BCUT2D eigenvalue weighted by Crippen LogP contribution is 2.20. The Kier molecular flexibility index (Phi) is 3.59. The molecule has 0 bridgehead atoms. The van der Waals surface area contributed by atoms with Gasteiger partial charge in [0.1, 0.15) is 11.9 Å². The van der Waals surface area contributed by atoms with Crippen molar-refractivity contribution < 1.29 is 0 Å². The lowest BCUT2D eigenvalue weighted by atomic mass is 10.1. The molecule has 102 valence electrons. The molecule has 1 heterocycles. The molecule has 1 aromatic heterocycles. The number of H-pyrrole nitrogens is 1. The average molecular weight is 338 g/mol. The van der Waals surface area contributed by atoms with Crippen LogP contribution in [0, 0.1) is 18.3 Å². The Morgan fingerprint density at radius 3 is 2.71 bits per heavy atom. The van der Waals surface area contributed by atoms with Crippen molar-refractivity contribution in [3.63, 3.8) is 0 Å². The quantitative estimate of drug-likeness (QED) is 0.689. The van der Waals surface area contributed by atoms with Gasteiger partial charge in [0.05, 0.1) is 16.6 Å². The van der Waals surface area contributed by atoms with Crippen LogP contribution < -0.4 is 0 Å². The zero-order valence-corrected chi connectivity index (χ0v) is 13.0. The number of aromatic nitrogens is 2. The largest absolute Gasteiger partial charge is 0.337 e. The summed E-state index contributed by atoms with van der Waals surface area (Å²) in [5.41, 5.74) is 4.46. The lowest BCUT2D eigenvalue weighted by molar-refractivity contribution is 1.27. The van der Waals surface area contributed by atoms with Gasteiger partial charge in [-0.15, -0.1) is 0 Å². The van der Waals surface area contributed by atoms with E-state index >= 15 is 0 Å². The topological polar surface area (TPSA) is 52.5 Å². The van der Waals surface area contributed by atoms with Crippen LogP contribution in [0.4, 0.5) is 0 Å². The van der Waals surface area contributed by atoms with Gasteiger partial charge in [0.25, 0.3) is 0 Å². The molecular formula is C17H12BrN3. The van der Waals surface area contributed by atoms with Crippen LogP contribution >= 0.6 is 15.9 Å². The summed E-state index contributed by atoms with van der Waals surface area (Å²) >= 11 is 3.40. The first-order chi connectivity index (χ1) is 10.2. The first-order valence-electron chi connectivity index (χ1n) is 6.50. The first-order valence-corrected chi connectivity index (χ1v) is 7.29. The molecule has 0 aliphatic carbocycles. The maximum Gasteiger partial charge on any atom is 0.149 e. The third-order valence-corrected chi connectivity index (χ3v) is 3.72. The SMILES string of the molecule is Cc1ccc2nc(/C(C#N)=C/c3ccc(Br)cc3)[nH]c2c1. The van der Waals surface area contributed by atoms with Gasteiger partial charge in [-0.1, -0.05) is 34.1 Å². The Labute approximate surface area is 131 Å². The first kappa shape index (κ1) is 13.6. The Morgan fingerprint density at radius 2 is 2.00 bits per heavy atom. The lowest BCUT2D eigenvalue weighted by Crippen LogP contribution is -1.84. The summed E-state index contributed by atoms with van der Waals surface area (Å²) in [6.45, 7) is 2.03. The normalized spacial score (nSPS) is 11.6. The van der Waals surface area contributed by atoms with Gasteiger partial charge in [-0.25, -0.2) is 4.98 Å². The van der Waals surface area contributed by atoms with E-state index < -0.39 is 0 Å². The van der Waals surface area contributed by atoms with Gasteiger partial charge in [-0.2, -0.15) is 5.26 Å². The molecular weight excluding hydrogens is 326 g/mol. The predicted octanol–water partition coefficient (Wildman–Crippen LogP) is 4.70. The molecule has 0 saturated heterocycles. The van der Waals surface area contributed by atoms with Crippen molar-refractivity contribution in [2.45, 2.75) is 6.92 Å². The number of aromatic amines is 1. The minimum absolute atomic E-state index is 0.520. The molecule has 3 aromatic rings. The molecule has 3 nitrogen and oxygen atoms in total. The van der Waals surface area contributed by atoms with Crippen molar-refractivity contribution >= 4 is 38.6 Å². The second kappa shape index (κ2) is 5.55. The number of imidazole rings is 1. The number of fused-ring (bicyclic) bond motifs is 1. The number of aryl methyl sites for hydroxylation is 1. The van der Waals surface area contributed by atoms with Crippen LogP contribution in [0.15, 0.2) is 46.9 Å². The zero-order valence-electron chi connectivity index (χ0n) is 11.4. The van der Waals surface area contributed by atoms with Crippen molar-refractivity contribution in [3.8, 4) is 6.07 Å². The summed E-state index contributed by atoms with van der Waals surface area (Å²) in [6.07, 6.45) is 1.83. The number of hydrogen-bond acceptors (Lipinski definition) is 2. The van der Waals surface area contributed by atoms with E-state index in [2.05, 4.69) is 32.0 Å². The summed E-state index contributed by atoms with van der Waals surface area (Å²) in [5.74, 6) is 0.598. The summed E-state index contributed by atoms with van der Waals surface area (Å²) in [7, 11) is 0. The van der Waals surface area contributed by atoms with Gasteiger partial charge in [0.15, 0.2) is 0 Å². The van der Waals surface area contributed by atoms with Crippen LogP contribution in [-0.4, -0.2) is 9.97 Å². The van der Waals surface area contributed by atoms with Crippen molar-refractivity contribution in [1.29, 1.82) is 5.26 Å². The Hall–Kier alpha value is -2.38. The molecule has 0 unspecified atom stereocenters. The summed E-state index contributed by atoms with van der Waals surface area (Å²) in [6, 6.07) is 16.0. The molecule has 0 aliphatic heterocycles. The van der Waals surface area contributed by atoms with Crippen LogP contribution in [0.5, 0.6) is 0 Å². The third-order valence-electron chi connectivity index (χ3n) is 3.19. The molecule has 21 heavy (non-hydrogen) atoms. The number of halogens is 1. The number of nitrogens with one attached hydrogen (secondary N) is 1. The van der Waals surface area contributed by atoms with E-state index in [0.717, 1.165) is 26.6 Å². The smallest absolute Gasteiger partial charge is 0.149 e. The van der Waals surface area contributed by atoms with Gasteiger partial charge in [0, 0.05) is 4.47 Å². The Balaban J connectivity index is 2.05. The fraction of sp³-hybridized carbons (Fsp3) is 0.0588. The predicted molar refractivity (Wildman–Crippen MR) is 88.5 cm³/mol. The fourth-order valence-corrected chi connectivity index (χ4v) is 2.39. The second-order valence-corrected chi connectivity index (χ2v) is 5.74. The molecule has 0 atom stereocenters. The number of rotatable bonds is 2. The standard InChI is InChI=1S/C17H12BrN3/c1-11-2-7-15-16(8-11)21-17(20-15)13(10-19)9-12-3-5-14(18)6-4-12/h2-9H,1H3,(H,20,21)/b13-9+. The third kappa shape index (κ3) is 2.88. The number of nitrogens with zero attached hydrogens (tertiary/aromatic N) is 2. The molecule has 2 aromatic carbocycles. The fourth-order valence-electron chi connectivity index (χ4n) is 2.13. The van der Waals surface area contributed by atoms with E-state index in [4.69, 9.17) is 0 Å².